The maximum absolute atomic E-state index is 12.3. The minimum absolute atomic E-state index is 0.170. The SMILES string of the molecule is CCn1nc(C(F)(F)F)cc1C(=O)NC(F)(F)F. The van der Waals surface area contributed by atoms with E-state index >= 15 is 0 Å². The summed E-state index contributed by atoms with van der Waals surface area (Å²) in [6, 6.07) is 0.268. The van der Waals surface area contributed by atoms with Gasteiger partial charge >= 0.3 is 12.5 Å². The zero-order valence-electron chi connectivity index (χ0n) is 8.85. The summed E-state index contributed by atoms with van der Waals surface area (Å²) in [5.74, 6) is -1.69. The van der Waals surface area contributed by atoms with Gasteiger partial charge in [0.15, 0.2) is 5.69 Å². The number of nitrogens with one attached hydrogen (secondary N) is 1. The van der Waals surface area contributed by atoms with Crippen LogP contribution in [0.4, 0.5) is 26.3 Å². The Hall–Kier alpha value is -1.74. The molecule has 1 N–H and O–H groups in total. The molecule has 102 valence electrons. The lowest BCUT2D eigenvalue weighted by molar-refractivity contribution is -0.146. The van der Waals surface area contributed by atoms with Crippen LogP contribution in [0, 0.1) is 0 Å². The van der Waals surface area contributed by atoms with Crippen LogP contribution in [0.3, 0.4) is 0 Å². The first-order valence-electron chi connectivity index (χ1n) is 4.59. The quantitative estimate of drug-likeness (QED) is 0.664. The fourth-order valence-corrected chi connectivity index (χ4v) is 1.17. The van der Waals surface area contributed by atoms with Gasteiger partial charge in [-0.3, -0.25) is 14.8 Å². The summed E-state index contributed by atoms with van der Waals surface area (Å²) in [6.07, 6.45) is -9.84. The molecular formula is C8H7F6N3O. The topological polar surface area (TPSA) is 46.9 Å². The van der Waals surface area contributed by atoms with Gasteiger partial charge in [-0.1, -0.05) is 0 Å². The molecule has 1 aromatic heterocycles. The predicted octanol–water partition coefficient (Wildman–Crippen LogP) is 2.17. The highest BCUT2D eigenvalue weighted by Crippen LogP contribution is 2.28. The maximum atomic E-state index is 12.3. The Morgan fingerprint density at radius 1 is 1.33 bits per heavy atom. The Morgan fingerprint density at radius 2 is 1.89 bits per heavy atom. The first-order valence-corrected chi connectivity index (χ1v) is 4.59. The van der Waals surface area contributed by atoms with Gasteiger partial charge in [0.05, 0.1) is 0 Å². The summed E-state index contributed by atoms with van der Waals surface area (Å²) >= 11 is 0. The van der Waals surface area contributed by atoms with E-state index in [2.05, 4.69) is 5.10 Å². The molecule has 0 spiro atoms. The first-order chi connectivity index (χ1) is 8.04. The molecule has 1 aromatic rings. The minimum Gasteiger partial charge on any atom is -0.267 e. The van der Waals surface area contributed by atoms with E-state index in [4.69, 9.17) is 0 Å². The molecule has 0 radical (unpaired) electrons. The van der Waals surface area contributed by atoms with Crippen molar-refractivity contribution >= 4 is 5.91 Å². The Balaban J connectivity index is 3.09. The van der Waals surface area contributed by atoms with Gasteiger partial charge in [-0.05, 0) is 6.92 Å². The van der Waals surface area contributed by atoms with Crippen molar-refractivity contribution in [1.29, 1.82) is 0 Å². The third-order valence-corrected chi connectivity index (χ3v) is 1.86. The number of hydrogen-bond donors (Lipinski definition) is 1. The van der Waals surface area contributed by atoms with Gasteiger partial charge in [0, 0.05) is 12.6 Å². The summed E-state index contributed by atoms with van der Waals surface area (Å²) in [7, 11) is 0. The molecule has 0 aliphatic carbocycles. The van der Waals surface area contributed by atoms with Crippen LogP contribution >= 0.6 is 0 Å². The highest BCUT2D eigenvalue weighted by Gasteiger charge is 2.37. The van der Waals surface area contributed by atoms with Gasteiger partial charge in [-0.25, -0.2) is 0 Å². The van der Waals surface area contributed by atoms with Crippen LogP contribution in [0.2, 0.25) is 0 Å². The number of carbonyl (C=O) groups is 1. The van der Waals surface area contributed by atoms with E-state index in [0.29, 0.717) is 10.00 Å². The number of alkyl halides is 6. The molecule has 0 bridgehead atoms. The van der Waals surface area contributed by atoms with Crippen molar-refractivity contribution in [2.45, 2.75) is 25.9 Å². The number of hydrogen-bond acceptors (Lipinski definition) is 2. The van der Waals surface area contributed by atoms with Gasteiger partial charge in [0.25, 0.3) is 5.91 Å². The molecule has 0 saturated carbocycles. The van der Waals surface area contributed by atoms with Crippen molar-refractivity contribution in [1.82, 2.24) is 15.1 Å². The molecule has 1 heterocycles. The average Bonchev–Trinajstić information content (AvgIpc) is 2.57. The fraction of sp³-hybridized carbons (Fsp3) is 0.500. The Labute approximate surface area is 96.6 Å². The first kappa shape index (κ1) is 14.3. The van der Waals surface area contributed by atoms with Crippen molar-refractivity contribution in [3.05, 3.63) is 17.5 Å². The number of amides is 1. The smallest absolute Gasteiger partial charge is 0.267 e. The van der Waals surface area contributed by atoms with E-state index in [9.17, 15) is 31.1 Å². The highest BCUT2D eigenvalue weighted by atomic mass is 19.4. The third-order valence-electron chi connectivity index (χ3n) is 1.86. The molecule has 0 atom stereocenters. The van der Waals surface area contributed by atoms with Gasteiger partial charge in [0.2, 0.25) is 0 Å². The van der Waals surface area contributed by atoms with E-state index in [1.807, 2.05) is 0 Å². The van der Waals surface area contributed by atoms with E-state index in [0.717, 1.165) is 0 Å². The van der Waals surface area contributed by atoms with Crippen LogP contribution in [0.1, 0.15) is 23.1 Å². The van der Waals surface area contributed by atoms with E-state index < -0.39 is 29.8 Å². The Bertz CT molecular complexity index is 447. The summed E-state index contributed by atoms with van der Waals surface area (Å²) in [4.78, 5) is 11.1. The predicted molar refractivity (Wildman–Crippen MR) is 46.4 cm³/mol. The summed E-state index contributed by atoms with van der Waals surface area (Å²) in [6.45, 7) is 1.17. The number of aromatic nitrogens is 2. The van der Waals surface area contributed by atoms with Gasteiger partial charge in [-0.2, -0.15) is 31.4 Å². The summed E-state index contributed by atoms with van der Waals surface area (Å²) in [5.41, 5.74) is -2.22. The fourth-order valence-electron chi connectivity index (χ4n) is 1.17. The number of nitrogens with zero attached hydrogens (tertiary/aromatic N) is 2. The molecule has 1 amide bonds. The van der Waals surface area contributed by atoms with Crippen LogP contribution in [-0.4, -0.2) is 22.0 Å². The molecule has 0 aliphatic rings. The monoisotopic (exact) mass is 275 g/mol. The molecule has 10 heteroatoms. The lowest BCUT2D eigenvalue weighted by atomic mass is 10.3. The number of halogens is 6. The minimum atomic E-state index is -5.02. The van der Waals surface area contributed by atoms with Crippen LogP contribution in [0.5, 0.6) is 0 Å². The molecular weight excluding hydrogens is 268 g/mol. The van der Waals surface area contributed by atoms with Crippen LogP contribution < -0.4 is 5.32 Å². The zero-order chi connectivity index (χ0) is 14.1. The summed E-state index contributed by atoms with van der Waals surface area (Å²) < 4.78 is 73.1. The molecule has 4 nitrogen and oxygen atoms in total. The van der Waals surface area contributed by atoms with E-state index in [-0.39, 0.29) is 12.6 Å². The molecule has 0 fully saturated rings. The Kier molecular flexibility index (Phi) is 3.58. The normalized spacial score (nSPS) is 12.6. The lowest BCUT2D eigenvalue weighted by Crippen LogP contribution is -2.38. The lowest BCUT2D eigenvalue weighted by Gasteiger charge is -2.08. The van der Waals surface area contributed by atoms with Crippen LogP contribution in [0.25, 0.3) is 0 Å². The van der Waals surface area contributed by atoms with Crippen molar-refractivity contribution in [3.63, 3.8) is 0 Å². The third kappa shape index (κ3) is 3.37. The second-order valence-corrected chi connectivity index (χ2v) is 3.18. The summed E-state index contributed by atoms with van der Waals surface area (Å²) in [5, 5.41) is 3.62. The van der Waals surface area contributed by atoms with E-state index in [1.54, 1.807) is 0 Å². The van der Waals surface area contributed by atoms with Crippen molar-refractivity contribution < 1.29 is 31.1 Å². The zero-order valence-corrected chi connectivity index (χ0v) is 8.85. The molecule has 0 aliphatic heterocycles. The standard InChI is InChI=1S/C8H7F6N3O/c1-2-17-4(6(18)15-8(12,13)14)3-5(16-17)7(9,10)11/h3H,2H2,1H3,(H,15,18). The van der Waals surface area contributed by atoms with E-state index in [1.165, 1.54) is 6.92 Å². The second kappa shape index (κ2) is 4.50. The molecule has 18 heavy (non-hydrogen) atoms. The number of carbonyl (C=O) groups excluding carboxylic acids is 1. The largest absolute Gasteiger partial charge is 0.484 e. The van der Waals surface area contributed by atoms with Crippen LogP contribution in [-0.2, 0) is 12.7 Å². The molecule has 0 unspecified atom stereocenters. The van der Waals surface area contributed by atoms with Gasteiger partial charge in [-0.15, -0.1) is 0 Å². The highest BCUT2D eigenvalue weighted by molar-refractivity contribution is 5.92. The van der Waals surface area contributed by atoms with Gasteiger partial charge in [0.1, 0.15) is 5.69 Å². The van der Waals surface area contributed by atoms with Gasteiger partial charge < -0.3 is 0 Å². The second-order valence-electron chi connectivity index (χ2n) is 3.18. The Morgan fingerprint density at radius 3 is 2.28 bits per heavy atom. The molecule has 0 saturated heterocycles. The van der Waals surface area contributed by atoms with Crippen molar-refractivity contribution in [2.24, 2.45) is 0 Å². The van der Waals surface area contributed by atoms with Crippen molar-refractivity contribution in [2.75, 3.05) is 0 Å². The number of aryl methyl sites for hydroxylation is 1. The van der Waals surface area contributed by atoms with Crippen LogP contribution in [0.15, 0.2) is 6.07 Å². The molecule has 0 aromatic carbocycles. The molecule has 1 rings (SSSR count). The number of rotatable bonds is 2. The average molecular weight is 275 g/mol. The van der Waals surface area contributed by atoms with Crippen molar-refractivity contribution in [3.8, 4) is 0 Å². The maximum Gasteiger partial charge on any atom is 0.484 e.